The van der Waals surface area contributed by atoms with Crippen LogP contribution in [0.3, 0.4) is 0 Å². The Balaban J connectivity index is 1.53. The number of nitrogens with zero attached hydrogens (tertiary/aromatic N) is 3. The van der Waals surface area contributed by atoms with E-state index in [1.54, 1.807) is 12.4 Å². The molecule has 142 valence electrons. The second-order valence-corrected chi connectivity index (χ2v) is 7.30. The highest BCUT2D eigenvalue weighted by Gasteiger charge is 2.22. The molecule has 0 bridgehead atoms. The molecule has 0 radical (unpaired) electrons. The monoisotopic (exact) mass is 383 g/mol. The number of anilines is 1. The molecule has 6 heteroatoms. The van der Waals surface area contributed by atoms with Gasteiger partial charge in [0.15, 0.2) is 0 Å². The van der Waals surface area contributed by atoms with E-state index < -0.39 is 0 Å². The lowest BCUT2D eigenvalue weighted by atomic mass is 9.86. The van der Waals surface area contributed by atoms with E-state index in [2.05, 4.69) is 26.6 Å². The Morgan fingerprint density at radius 2 is 2.00 bits per heavy atom. The van der Waals surface area contributed by atoms with Crippen molar-refractivity contribution in [1.29, 1.82) is 5.26 Å². The molecule has 2 N–H and O–H groups in total. The van der Waals surface area contributed by atoms with Gasteiger partial charge in [0.25, 0.3) is 0 Å². The van der Waals surface area contributed by atoms with Crippen molar-refractivity contribution in [3.63, 3.8) is 0 Å². The van der Waals surface area contributed by atoms with E-state index in [-0.39, 0.29) is 11.9 Å². The SMILES string of the molecule is N#Cc1ccc2c(c1)CCC[C@H]2Nc1cc2c(-c3ccncc3)n[nH]c2cc1F. The topological polar surface area (TPSA) is 77.4 Å². The van der Waals surface area contributed by atoms with Crippen LogP contribution in [0.15, 0.2) is 54.9 Å². The number of aromatic nitrogens is 3. The fourth-order valence-corrected chi connectivity index (χ4v) is 4.10. The van der Waals surface area contributed by atoms with Gasteiger partial charge < -0.3 is 5.32 Å². The number of aryl methyl sites for hydroxylation is 1. The van der Waals surface area contributed by atoms with Crippen molar-refractivity contribution < 1.29 is 4.39 Å². The first kappa shape index (κ1) is 17.4. The number of hydrogen-bond donors (Lipinski definition) is 2. The van der Waals surface area contributed by atoms with Gasteiger partial charge >= 0.3 is 0 Å². The number of nitriles is 1. The Labute approximate surface area is 167 Å². The summed E-state index contributed by atoms with van der Waals surface area (Å²) in [4.78, 5) is 4.05. The molecule has 1 aliphatic carbocycles. The van der Waals surface area contributed by atoms with Crippen LogP contribution in [0.1, 0.15) is 35.6 Å². The van der Waals surface area contributed by atoms with Crippen molar-refractivity contribution in [2.24, 2.45) is 0 Å². The summed E-state index contributed by atoms with van der Waals surface area (Å²) in [5.41, 5.74) is 5.77. The molecule has 0 unspecified atom stereocenters. The molecule has 0 aliphatic heterocycles. The summed E-state index contributed by atoms with van der Waals surface area (Å²) in [5.74, 6) is -0.316. The molecule has 2 aromatic heterocycles. The van der Waals surface area contributed by atoms with Crippen molar-refractivity contribution >= 4 is 16.6 Å². The molecule has 5 rings (SSSR count). The Morgan fingerprint density at radius 3 is 2.83 bits per heavy atom. The Morgan fingerprint density at radius 1 is 1.14 bits per heavy atom. The summed E-state index contributed by atoms with van der Waals surface area (Å²) >= 11 is 0. The van der Waals surface area contributed by atoms with Gasteiger partial charge in [-0.05, 0) is 60.7 Å². The molecule has 2 heterocycles. The van der Waals surface area contributed by atoms with E-state index in [0.29, 0.717) is 16.8 Å². The Hall–Kier alpha value is -3.72. The number of H-pyrrole nitrogens is 1. The van der Waals surface area contributed by atoms with Gasteiger partial charge in [-0.1, -0.05) is 6.07 Å². The maximum atomic E-state index is 14.8. The summed E-state index contributed by atoms with van der Waals surface area (Å²) in [7, 11) is 0. The van der Waals surface area contributed by atoms with Crippen molar-refractivity contribution in [3.05, 3.63) is 77.4 Å². The number of pyridine rings is 1. The molecule has 0 saturated carbocycles. The molecule has 29 heavy (non-hydrogen) atoms. The van der Waals surface area contributed by atoms with Crippen LogP contribution in [-0.2, 0) is 6.42 Å². The summed E-state index contributed by atoms with van der Waals surface area (Å²) in [6.07, 6.45) is 6.29. The third kappa shape index (κ3) is 3.11. The highest BCUT2D eigenvalue weighted by Crippen LogP contribution is 2.36. The highest BCUT2D eigenvalue weighted by molar-refractivity contribution is 5.95. The van der Waals surface area contributed by atoms with Gasteiger partial charge in [-0.3, -0.25) is 10.1 Å². The minimum absolute atomic E-state index is 0.00900. The van der Waals surface area contributed by atoms with Crippen LogP contribution in [0.4, 0.5) is 10.1 Å². The van der Waals surface area contributed by atoms with Gasteiger partial charge in [-0.25, -0.2) is 4.39 Å². The predicted octanol–water partition coefficient (Wildman–Crippen LogP) is 5.13. The van der Waals surface area contributed by atoms with Crippen LogP contribution in [0.5, 0.6) is 0 Å². The Kier molecular flexibility index (Phi) is 4.21. The van der Waals surface area contributed by atoms with E-state index in [1.165, 1.54) is 6.07 Å². The molecular weight excluding hydrogens is 365 g/mol. The minimum atomic E-state index is -0.316. The van der Waals surface area contributed by atoms with Gasteiger partial charge in [0.1, 0.15) is 11.5 Å². The van der Waals surface area contributed by atoms with E-state index in [9.17, 15) is 4.39 Å². The molecule has 4 aromatic rings. The van der Waals surface area contributed by atoms with E-state index in [1.807, 2.05) is 36.4 Å². The normalized spacial score (nSPS) is 15.7. The van der Waals surface area contributed by atoms with Gasteiger partial charge in [-0.15, -0.1) is 0 Å². The molecule has 1 aliphatic rings. The first-order valence-corrected chi connectivity index (χ1v) is 9.60. The van der Waals surface area contributed by atoms with E-state index >= 15 is 0 Å². The van der Waals surface area contributed by atoms with Gasteiger partial charge in [-0.2, -0.15) is 10.4 Å². The maximum absolute atomic E-state index is 14.8. The van der Waals surface area contributed by atoms with Crippen LogP contribution in [0, 0.1) is 17.1 Å². The first-order valence-electron chi connectivity index (χ1n) is 9.60. The lowest BCUT2D eigenvalue weighted by Crippen LogP contribution is -2.18. The lowest BCUT2D eigenvalue weighted by Gasteiger charge is -2.27. The third-order valence-corrected chi connectivity index (χ3v) is 5.52. The smallest absolute Gasteiger partial charge is 0.148 e. The molecule has 0 saturated heterocycles. The number of hydrogen-bond acceptors (Lipinski definition) is 4. The zero-order chi connectivity index (χ0) is 19.8. The fraction of sp³-hybridized carbons (Fsp3) is 0.174. The van der Waals surface area contributed by atoms with Crippen LogP contribution >= 0.6 is 0 Å². The Bertz CT molecular complexity index is 1240. The second-order valence-electron chi connectivity index (χ2n) is 7.30. The standard InChI is InChI=1S/C23H18FN5/c24-19-12-21-18(23(29-28-21)15-6-8-26-9-7-15)11-22(19)27-20-3-1-2-16-10-14(13-25)4-5-17(16)20/h4-12,20,27H,1-3H2,(H,28,29)/t20-/m1/s1. The van der Waals surface area contributed by atoms with Crippen molar-refractivity contribution in [3.8, 4) is 17.3 Å². The predicted molar refractivity (Wildman–Crippen MR) is 110 cm³/mol. The third-order valence-electron chi connectivity index (χ3n) is 5.52. The molecule has 0 fully saturated rings. The highest BCUT2D eigenvalue weighted by atomic mass is 19.1. The number of rotatable bonds is 3. The van der Waals surface area contributed by atoms with Gasteiger partial charge in [0.2, 0.25) is 0 Å². The molecule has 2 aromatic carbocycles. The van der Waals surface area contributed by atoms with Crippen LogP contribution in [-0.4, -0.2) is 15.2 Å². The maximum Gasteiger partial charge on any atom is 0.148 e. The zero-order valence-corrected chi connectivity index (χ0v) is 15.6. The molecule has 0 spiro atoms. The molecule has 1 atom stereocenters. The average molecular weight is 383 g/mol. The number of aromatic amines is 1. The molecule has 0 amide bonds. The number of fused-ring (bicyclic) bond motifs is 2. The second kappa shape index (κ2) is 7.02. The quantitative estimate of drug-likeness (QED) is 0.514. The summed E-state index contributed by atoms with van der Waals surface area (Å²) < 4.78 is 14.8. The average Bonchev–Trinajstić information content (AvgIpc) is 3.17. The number of benzene rings is 2. The first-order chi connectivity index (χ1) is 14.2. The largest absolute Gasteiger partial charge is 0.376 e. The fourth-order valence-electron chi connectivity index (χ4n) is 4.10. The molecule has 5 nitrogen and oxygen atoms in total. The minimum Gasteiger partial charge on any atom is -0.376 e. The lowest BCUT2D eigenvalue weighted by molar-refractivity contribution is 0.587. The van der Waals surface area contributed by atoms with Crippen LogP contribution < -0.4 is 5.32 Å². The number of nitrogens with one attached hydrogen (secondary N) is 2. The van der Waals surface area contributed by atoms with Crippen molar-refractivity contribution in [2.45, 2.75) is 25.3 Å². The van der Waals surface area contributed by atoms with E-state index in [0.717, 1.165) is 47.0 Å². The van der Waals surface area contributed by atoms with Crippen LogP contribution in [0.25, 0.3) is 22.2 Å². The zero-order valence-electron chi connectivity index (χ0n) is 15.6. The summed E-state index contributed by atoms with van der Waals surface area (Å²) in [5, 5.41) is 20.7. The summed E-state index contributed by atoms with van der Waals surface area (Å²) in [6.45, 7) is 0. The number of halogens is 1. The van der Waals surface area contributed by atoms with Gasteiger partial charge in [0, 0.05) is 29.4 Å². The van der Waals surface area contributed by atoms with Crippen molar-refractivity contribution in [1.82, 2.24) is 15.2 Å². The summed E-state index contributed by atoms with van der Waals surface area (Å²) in [6, 6.07) is 15.0. The van der Waals surface area contributed by atoms with Gasteiger partial charge in [0.05, 0.1) is 28.9 Å². The van der Waals surface area contributed by atoms with Crippen LogP contribution in [0.2, 0.25) is 0 Å². The molecular formula is C23H18FN5. The van der Waals surface area contributed by atoms with E-state index in [4.69, 9.17) is 5.26 Å². The van der Waals surface area contributed by atoms with Crippen molar-refractivity contribution in [2.75, 3.05) is 5.32 Å².